The van der Waals surface area contributed by atoms with Crippen LogP contribution >= 0.6 is 0 Å². The molecule has 0 bridgehead atoms. The van der Waals surface area contributed by atoms with E-state index >= 15 is 0 Å². The van der Waals surface area contributed by atoms with Gasteiger partial charge in [-0.15, -0.1) is 0 Å². The van der Waals surface area contributed by atoms with E-state index in [0.717, 1.165) is 67.7 Å². The van der Waals surface area contributed by atoms with Crippen LogP contribution in [0.4, 0.5) is 4.39 Å². The van der Waals surface area contributed by atoms with Gasteiger partial charge in [0.15, 0.2) is 0 Å². The Morgan fingerprint density at radius 1 is 1.14 bits per heavy atom. The summed E-state index contributed by atoms with van der Waals surface area (Å²) in [6, 6.07) is 10.6. The number of likely N-dealkylation sites (tertiary alicyclic amines) is 1. The smallest absolute Gasteiger partial charge is 0.254 e. The molecule has 1 spiro atoms. The van der Waals surface area contributed by atoms with E-state index in [0.29, 0.717) is 5.82 Å². The van der Waals surface area contributed by atoms with Crippen molar-refractivity contribution in [3.8, 4) is 11.4 Å². The van der Waals surface area contributed by atoms with Crippen molar-refractivity contribution in [2.45, 2.75) is 37.6 Å². The molecule has 1 saturated heterocycles. The molecule has 5 nitrogen and oxygen atoms in total. The SMILES string of the molecule is O=c1[nH]c(-c2cccnc2)nc2c1CCC21CCN(Cc2cccc(F)c2)CC1. The number of nitrogens with zero attached hydrogens (tertiary/aromatic N) is 3. The molecule has 2 aliphatic rings. The summed E-state index contributed by atoms with van der Waals surface area (Å²) in [5.74, 6) is 0.414. The summed E-state index contributed by atoms with van der Waals surface area (Å²) in [5.41, 5.74) is 3.60. The zero-order chi connectivity index (χ0) is 19.8. The number of aromatic amines is 1. The number of benzene rings is 1. The largest absolute Gasteiger partial charge is 0.306 e. The van der Waals surface area contributed by atoms with Crippen LogP contribution in [-0.4, -0.2) is 32.9 Å². The Morgan fingerprint density at radius 2 is 2.00 bits per heavy atom. The van der Waals surface area contributed by atoms with E-state index in [9.17, 15) is 9.18 Å². The second kappa shape index (κ2) is 7.19. The monoisotopic (exact) mass is 390 g/mol. The van der Waals surface area contributed by atoms with Crippen LogP contribution in [-0.2, 0) is 18.4 Å². The molecule has 6 heteroatoms. The molecule has 29 heavy (non-hydrogen) atoms. The average Bonchev–Trinajstić information content (AvgIpc) is 3.09. The number of aromatic nitrogens is 3. The fraction of sp³-hybridized carbons (Fsp3) is 0.348. The minimum atomic E-state index is -0.188. The maximum atomic E-state index is 13.5. The lowest BCUT2D eigenvalue weighted by Crippen LogP contribution is -2.41. The highest BCUT2D eigenvalue weighted by Gasteiger charge is 2.43. The van der Waals surface area contributed by atoms with E-state index in [1.54, 1.807) is 24.5 Å². The lowest BCUT2D eigenvalue weighted by atomic mass is 9.76. The van der Waals surface area contributed by atoms with Gasteiger partial charge in [0.05, 0.1) is 5.69 Å². The van der Waals surface area contributed by atoms with Gasteiger partial charge in [0.1, 0.15) is 11.6 Å². The highest BCUT2D eigenvalue weighted by molar-refractivity contribution is 5.54. The third-order valence-corrected chi connectivity index (χ3v) is 6.41. The standard InChI is InChI=1S/C23H23FN4O/c24-18-5-1-3-16(13-18)15-28-11-8-23(9-12-28)7-6-19-20(23)26-21(27-22(19)29)17-4-2-10-25-14-17/h1-5,10,13-14H,6-9,11-12,15H2,(H,26,27,29). The molecule has 0 saturated carbocycles. The maximum Gasteiger partial charge on any atom is 0.254 e. The lowest BCUT2D eigenvalue weighted by molar-refractivity contribution is 0.150. The first kappa shape index (κ1) is 18.2. The highest BCUT2D eigenvalue weighted by Crippen LogP contribution is 2.44. The number of hydrogen-bond donors (Lipinski definition) is 1. The van der Waals surface area contributed by atoms with Crippen molar-refractivity contribution >= 4 is 0 Å². The number of rotatable bonds is 3. The van der Waals surface area contributed by atoms with Gasteiger partial charge in [-0.2, -0.15) is 0 Å². The normalized spacial score (nSPS) is 18.1. The van der Waals surface area contributed by atoms with Crippen LogP contribution in [0, 0.1) is 5.82 Å². The first-order valence-corrected chi connectivity index (χ1v) is 10.1. The number of pyridine rings is 1. The van der Waals surface area contributed by atoms with Crippen molar-refractivity contribution in [2.24, 2.45) is 0 Å². The van der Waals surface area contributed by atoms with Crippen molar-refractivity contribution in [3.63, 3.8) is 0 Å². The zero-order valence-electron chi connectivity index (χ0n) is 16.2. The van der Waals surface area contributed by atoms with Gasteiger partial charge in [0, 0.05) is 35.5 Å². The van der Waals surface area contributed by atoms with Gasteiger partial charge in [-0.3, -0.25) is 14.7 Å². The Labute approximate surface area is 168 Å². The molecule has 0 unspecified atom stereocenters. The van der Waals surface area contributed by atoms with E-state index in [1.807, 2.05) is 18.2 Å². The van der Waals surface area contributed by atoms with Crippen LogP contribution in [0.5, 0.6) is 0 Å². The van der Waals surface area contributed by atoms with Crippen LogP contribution in [0.15, 0.2) is 53.6 Å². The van der Waals surface area contributed by atoms with Crippen molar-refractivity contribution in [1.29, 1.82) is 0 Å². The summed E-state index contributed by atoms with van der Waals surface area (Å²) in [4.78, 5) is 27.1. The molecule has 1 aliphatic heterocycles. The number of halogens is 1. The molecular formula is C23H23FN4O. The molecule has 0 amide bonds. The molecule has 3 heterocycles. The molecular weight excluding hydrogens is 367 g/mol. The Bertz CT molecular complexity index is 1090. The number of piperidine rings is 1. The summed E-state index contributed by atoms with van der Waals surface area (Å²) in [7, 11) is 0. The van der Waals surface area contributed by atoms with E-state index in [-0.39, 0.29) is 16.8 Å². The first-order chi connectivity index (χ1) is 14.1. The number of hydrogen-bond acceptors (Lipinski definition) is 4. The fourth-order valence-corrected chi connectivity index (χ4v) is 4.81. The second-order valence-electron chi connectivity index (χ2n) is 8.17. The fourth-order valence-electron chi connectivity index (χ4n) is 4.81. The lowest BCUT2D eigenvalue weighted by Gasteiger charge is -2.39. The van der Waals surface area contributed by atoms with Gasteiger partial charge in [-0.1, -0.05) is 12.1 Å². The van der Waals surface area contributed by atoms with Crippen molar-refractivity contribution < 1.29 is 4.39 Å². The molecule has 1 N–H and O–H groups in total. The van der Waals surface area contributed by atoms with Gasteiger partial charge in [0.2, 0.25) is 0 Å². The molecule has 2 aromatic heterocycles. The van der Waals surface area contributed by atoms with E-state index in [1.165, 1.54) is 6.07 Å². The Hall–Kier alpha value is -2.86. The highest BCUT2D eigenvalue weighted by atomic mass is 19.1. The van der Waals surface area contributed by atoms with Crippen LogP contribution in [0.1, 0.15) is 36.1 Å². The topological polar surface area (TPSA) is 61.9 Å². The summed E-state index contributed by atoms with van der Waals surface area (Å²) in [6.07, 6.45) is 7.15. The van der Waals surface area contributed by atoms with E-state index in [4.69, 9.17) is 4.98 Å². The molecule has 148 valence electrons. The van der Waals surface area contributed by atoms with Gasteiger partial charge in [0.25, 0.3) is 5.56 Å². The van der Waals surface area contributed by atoms with Gasteiger partial charge in [-0.05, 0) is 68.6 Å². The first-order valence-electron chi connectivity index (χ1n) is 10.1. The predicted molar refractivity (Wildman–Crippen MR) is 109 cm³/mol. The van der Waals surface area contributed by atoms with E-state index < -0.39 is 0 Å². The Morgan fingerprint density at radius 3 is 2.76 bits per heavy atom. The summed E-state index contributed by atoms with van der Waals surface area (Å²) < 4.78 is 13.5. The minimum Gasteiger partial charge on any atom is -0.306 e. The Balaban J connectivity index is 1.39. The second-order valence-corrected chi connectivity index (χ2v) is 8.17. The van der Waals surface area contributed by atoms with Crippen molar-refractivity contribution in [3.05, 3.63) is 81.8 Å². The summed E-state index contributed by atoms with van der Waals surface area (Å²) >= 11 is 0. The molecule has 1 fully saturated rings. The molecule has 5 rings (SSSR count). The number of fused-ring (bicyclic) bond motifs is 2. The van der Waals surface area contributed by atoms with Crippen LogP contribution in [0.3, 0.4) is 0 Å². The predicted octanol–water partition coefficient (Wildman–Crippen LogP) is 3.45. The Kier molecular flexibility index (Phi) is 4.51. The third kappa shape index (κ3) is 3.38. The van der Waals surface area contributed by atoms with Crippen LogP contribution in [0.25, 0.3) is 11.4 Å². The minimum absolute atomic E-state index is 0.0204. The zero-order valence-corrected chi connectivity index (χ0v) is 16.2. The summed E-state index contributed by atoms with van der Waals surface area (Å²) in [6.45, 7) is 2.60. The molecule has 1 aliphatic carbocycles. The van der Waals surface area contributed by atoms with Gasteiger partial charge < -0.3 is 4.98 Å². The average molecular weight is 390 g/mol. The van der Waals surface area contributed by atoms with Crippen molar-refractivity contribution in [1.82, 2.24) is 19.9 Å². The molecule has 3 aromatic rings. The van der Waals surface area contributed by atoms with Crippen LogP contribution in [0.2, 0.25) is 0 Å². The summed E-state index contributed by atoms with van der Waals surface area (Å²) in [5, 5.41) is 0. The van der Waals surface area contributed by atoms with Gasteiger partial charge in [-0.25, -0.2) is 9.37 Å². The van der Waals surface area contributed by atoms with Crippen LogP contribution < -0.4 is 5.56 Å². The quantitative estimate of drug-likeness (QED) is 0.744. The van der Waals surface area contributed by atoms with Gasteiger partial charge >= 0.3 is 0 Å². The number of nitrogens with one attached hydrogen (secondary N) is 1. The van der Waals surface area contributed by atoms with E-state index in [2.05, 4.69) is 14.9 Å². The van der Waals surface area contributed by atoms with Crippen molar-refractivity contribution in [2.75, 3.05) is 13.1 Å². The third-order valence-electron chi connectivity index (χ3n) is 6.41. The molecule has 1 aromatic carbocycles. The molecule has 0 atom stereocenters. The number of H-pyrrole nitrogens is 1. The molecule has 0 radical (unpaired) electrons. The maximum absolute atomic E-state index is 13.5.